The van der Waals surface area contributed by atoms with Gasteiger partial charge in [0.2, 0.25) is 5.95 Å². The van der Waals surface area contributed by atoms with Crippen LogP contribution in [0.15, 0.2) is 36.5 Å². The molecule has 6 nitrogen and oxygen atoms in total. The van der Waals surface area contributed by atoms with E-state index in [1.807, 2.05) is 26.0 Å². The van der Waals surface area contributed by atoms with E-state index in [2.05, 4.69) is 26.8 Å². The molecule has 0 bridgehead atoms. The van der Waals surface area contributed by atoms with Crippen molar-refractivity contribution in [3.05, 3.63) is 70.4 Å². The van der Waals surface area contributed by atoms with Crippen LogP contribution < -0.4 is 5.73 Å². The topological polar surface area (TPSA) is 102 Å². The predicted molar refractivity (Wildman–Crippen MR) is 103 cm³/mol. The number of nitrogen functional groups attached to an aromatic ring is 1. The summed E-state index contributed by atoms with van der Waals surface area (Å²) in [4.78, 5) is 23.7. The van der Waals surface area contributed by atoms with Crippen molar-refractivity contribution < 1.29 is 14.3 Å². The van der Waals surface area contributed by atoms with E-state index in [1.54, 1.807) is 6.20 Å². The van der Waals surface area contributed by atoms with Gasteiger partial charge in [0.05, 0.1) is 22.5 Å². The van der Waals surface area contributed by atoms with E-state index in [9.17, 15) is 9.18 Å². The molecule has 0 spiro atoms. The zero-order chi connectivity index (χ0) is 20.3. The smallest absolute Gasteiger partial charge is 0.338 e. The highest BCUT2D eigenvalue weighted by atomic mass is 19.1. The van der Waals surface area contributed by atoms with Gasteiger partial charge in [0.25, 0.3) is 0 Å². The van der Waals surface area contributed by atoms with Crippen LogP contribution in [0, 0.1) is 24.6 Å². The molecule has 2 aromatic heterocycles. The van der Waals surface area contributed by atoms with Gasteiger partial charge in [-0.05, 0) is 37.6 Å². The second-order valence-corrected chi connectivity index (χ2v) is 6.04. The van der Waals surface area contributed by atoms with Gasteiger partial charge in [-0.15, -0.1) is 0 Å². The summed E-state index contributed by atoms with van der Waals surface area (Å²) in [5.74, 6) is 3.90. The number of hydrogen-bond acceptors (Lipinski definition) is 5. The minimum Gasteiger partial charge on any atom is -0.478 e. The summed E-state index contributed by atoms with van der Waals surface area (Å²) in [5.41, 5.74) is 8.85. The van der Waals surface area contributed by atoms with Crippen LogP contribution in [0.25, 0.3) is 11.3 Å². The lowest BCUT2D eigenvalue weighted by Gasteiger charge is -2.10. The minimum atomic E-state index is -1.34. The number of carbonyl (C=O) groups is 1. The highest BCUT2D eigenvalue weighted by molar-refractivity contribution is 5.88. The van der Waals surface area contributed by atoms with Crippen molar-refractivity contribution in [2.45, 2.75) is 20.3 Å². The molecule has 2 heterocycles. The summed E-state index contributed by atoms with van der Waals surface area (Å²) in [5, 5.41) is 9.02. The Bertz CT molecular complexity index is 1120. The van der Waals surface area contributed by atoms with E-state index in [0.717, 1.165) is 11.8 Å². The molecule has 7 heteroatoms. The van der Waals surface area contributed by atoms with Gasteiger partial charge < -0.3 is 10.8 Å². The number of hydrogen-bond donors (Lipinski definition) is 2. The first-order chi connectivity index (χ1) is 13.4. The molecule has 0 fully saturated rings. The monoisotopic (exact) mass is 376 g/mol. The molecule has 0 atom stereocenters. The molecule has 3 rings (SSSR count). The van der Waals surface area contributed by atoms with Crippen LogP contribution in [0.4, 0.5) is 10.3 Å². The third-order valence-corrected chi connectivity index (χ3v) is 4.05. The summed E-state index contributed by atoms with van der Waals surface area (Å²) in [6.07, 6.45) is 2.21. The third-order valence-electron chi connectivity index (χ3n) is 4.05. The number of carboxylic acids is 1. The average molecular weight is 376 g/mol. The van der Waals surface area contributed by atoms with E-state index >= 15 is 0 Å². The molecule has 0 radical (unpaired) electrons. The number of rotatable bonds is 3. The fourth-order valence-electron chi connectivity index (χ4n) is 2.63. The van der Waals surface area contributed by atoms with E-state index in [4.69, 9.17) is 10.8 Å². The van der Waals surface area contributed by atoms with Crippen molar-refractivity contribution in [2.75, 3.05) is 5.73 Å². The molecular formula is C21H17FN4O2. The standard InChI is InChI=1S/C21H17FN4O2/c1-3-18-16(8-6-13-5-4-12(2)24-11-13)19(26-21(23)25-18)14-7-9-15(20(27)28)17(22)10-14/h4-5,7,9-11H,3H2,1-2H3,(H,27,28)(H2,23,25,26). The largest absolute Gasteiger partial charge is 0.478 e. The molecular weight excluding hydrogens is 359 g/mol. The van der Waals surface area contributed by atoms with E-state index < -0.39 is 17.3 Å². The van der Waals surface area contributed by atoms with Crippen LogP contribution in [-0.2, 0) is 6.42 Å². The van der Waals surface area contributed by atoms with Crippen LogP contribution in [0.1, 0.15) is 39.8 Å². The minimum absolute atomic E-state index is 0.0390. The highest BCUT2D eigenvalue weighted by Gasteiger charge is 2.16. The van der Waals surface area contributed by atoms with Crippen LogP contribution >= 0.6 is 0 Å². The molecule has 0 aliphatic heterocycles. The summed E-state index contributed by atoms with van der Waals surface area (Å²) in [6.45, 7) is 3.78. The number of nitrogens with two attached hydrogens (primary N) is 1. The molecule has 3 N–H and O–H groups in total. The number of nitrogens with zero attached hydrogens (tertiary/aromatic N) is 3. The molecule has 0 aliphatic rings. The van der Waals surface area contributed by atoms with Gasteiger partial charge in [0.1, 0.15) is 5.82 Å². The van der Waals surface area contributed by atoms with Crippen LogP contribution in [0.5, 0.6) is 0 Å². The highest BCUT2D eigenvalue weighted by Crippen LogP contribution is 2.26. The SMILES string of the molecule is CCc1nc(N)nc(-c2ccc(C(=O)O)c(F)c2)c1C#Cc1ccc(C)nc1. The molecule has 0 saturated heterocycles. The average Bonchev–Trinajstić information content (AvgIpc) is 2.67. The van der Waals surface area contributed by atoms with Crippen LogP contribution in [0.2, 0.25) is 0 Å². The molecule has 28 heavy (non-hydrogen) atoms. The normalized spacial score (nSPS) is 10.2. The lowest BCUT2D eigenvalue weighted by atomic mass is 10.0. The van der Waals surface area contributed by atoms with Crippen molar-refractivity contribution in [1.82, 2.24) is 15.0 Å². The van der Waals surface area contributed by atoms with Crippen LogP contribution in [0.3, 0.4) is 0 Å². The summed E-state index contributed by atoms with van der Waals surface area (Å²) >= 11 is 0. The van der Waals surface area contributed by atoms with Gasteiger partial charge >= 0.3 is 5.97 Å². The van der Waals surface area contributed by atoms with Gasteiger partial charge in [-0.25, -0.2) is 19.2 Å². The third kappa shape index (κ3) is 3.96. The number of anilines is 1. The Kier molecular flexibility index (Phi) is 5.32. The lowest BCUT2D eigenvalue weighted by Crippen LogP contribution is -2.06. The Labute approximate surface area is 161 Å². The molecule has 1 aromatic carbocycles. The summed E-state index contributed by atoms with van der Waals surface area (Å²) in [6, 6.07) is 7.49. The van der Waals surface area contributed by atoms with Crippen molar-refractivity contribution in [3.63, 3.8) is 0 Å². The number of carboxylic acid groups (broad SMARTS) is 1. The predicted octanol–water partition coefficient (Wildman–Crippen LogP) is 3.23. The fraction of sp³-hybridized carbons (Fsp3) is 0.143. The summed E-state index contributed by atoms with van der Waals surface area (Å²) < 4.78 is 14.2. The maximum absolute atomic E-state index is 14.2. The molecule has 3 aromatic rings. The zero-order valence-electron chi connectivity index (χ0n) is 15.3. The Morgan fingerprint density at radius 1 is 1.21 bits per heavy atom. The first-order valence-electron chi connectivity index (χ1n) is 8.53. The van der Waals surface area contributed by atoms with Crippen molar-refractivity contribution in [3.8, 4) is 23.1 Å². The van der Waals surface area contributed by atoms with E-state index in [-0.39, 0.29) is 5.95 Å². The van der Waals surface area contributed by atoms with E-state index in [0.29, 0.717) is 34.5 Å². The van der Waals surface area contributed by atoms with Gasteiger partial charge in [-0.1, -0.05) is 24.8 Å². The molecule has 0 aliphatic carbocycles. The first kappa shape index (κ1) is 19.0. The molecule has 140 valence electrons. The Balaban J connectivity index is 2.16. The van der Waals surface area contributed by atoms with Crippen LogP contribution in [-0.4, -0.2) is 26.0 Å². The maximum Gasteiger partial charge on any atom is 0.338 e. The maximum atomic E-state index is 14.2. The number of benzene rings is 1. The Hall–Kier alpha value is -3.79. The van der Waals surface area contributed by atoms with Crippen molar-refractivity contribution in [1.29, 1.82) is 0 Å². The second-order valence-electron chi connectivity index (χ2n) is 6.04. The second kappa shape index (κ2) is 7.84. The Morgan fingerprint density at radius 2 is 2.00 bits per heavy atom. The number of aryl methyl sites for hydroxylation is 2. The van der Waals surface area contributed by atoms with Crippen molar-refractivity contribution in [2.24, 2.45) is 0 Å². The van der Waals surface area contributed by atoms with Gasteiger partial charge in [-0.3, -0.25) is 4.98 Å². The number of pyridine rings is 1. The number of aromatic carboxylic acids is 1. The molecule has 0 amide bonds. The van der Waals surface area contributed by atoms with Crippen molar-refractivity contribution >= 4 is 11.9 Å². The lowest BCUT2D eigenvalue weighted by molar-refractivity contribution is 0.0692. The fourth-order valence-corrected chi connectivity index (χ4v) is 2.63. The molecule has 0 saturated carbocycles. The van der Waals surface area contributed by atoms with Gasteiger partial charge in [0.15, 0.2) is 0 Å². The van der Waals surface area contributed by atoms with Gasteiger partial charge in [-0.2, -0.15) is 0 Å². The quantitative estimate of drug-likeness (QED) is 0.681. The Morgan fingerprint density at radius 3 is 2.61 bits per heavy atom. The number of halogens is 1. The first-order valence-corrected chi connectivity index (χ1v) is 8.53. The number of aromatic nitrogens is 3. The zero-order valence-corrected chi connectivity index (χ0v) is 15.3. The summed E-state index contributed by atoms with van der Waals surface area (Å²) in [7, 11) is 0. The molecule has 0 unspecified atom stereocenters. The van der Waals surface area contributed by atoms with Gasteiger partial charge in [0, 0.05) is 23.0 Å². The van der Waals surface area contributed by atoms with E-state index in [1.165, 1.54) is 12.1 Å².